The van der Waals surface area contributed by atoms with Crippen molar-refractivity contribution in [3.05, 3.63) is 65.5 Å². The van der Waals surface area contributed by atoms with Crippen LogP contribution in [0.5, 0.6) is 5.75 Å². The summed E-state index contributed by atoms with van der Waals surface area (Å²) < 4.78 is 11.2. The third kappa shape index (κ3) is 5.10. The summed E-state index contributed by atoms with van der Waals surface area (Å²) in [5, 5.41) is 11.0. The first-order valence-corrected chi connectivity index (χ1v) is 9.09. The Morgan fingerprint density at radius 2 is 1.88 bits per heavy atom. The van der Waals surface area contributed by atoms with Crippen LogP contribution in [-0.2, 0) is 11.4 Å². The quantitative estimate of drug-likeness (QED) is 0.635. The number of benzene rings is 2. The summed E-state index contributed by atoms with van der Waals surface area (Å²) in [6, 6.07) is 15.3. The second-order valence-electron chi connectivity index (χ2n) is 5.72. The second kappa shape index (κ2) is 8.53. The van der Waals surface area contributed by atoms with Gasteiger partial charge in [-0.05, 0) is 37.6 Å². The van der Waals surface area contributed by atoms with E-state index in [4.69, 9.17) is 9.15 Å². The number of aromatic nitrogens is 2. The van der Waals surface area contributed by atoms with Crippen LogP contribution in [-0.4, -0.2) is 21.9 Å². The lowest BCUT2D eigenvalue weighted by Gasteiger charge is -2.05. The number of nitrogens with zero attached hydrogens (tertiary/aromatic N) is 2. The molecule has 1 N–H and O–H groups in total. The molecule has 0 aliphatic rings. The summed E-state index contributed by atoms with van der Waals surface area (Å²) >= 11 is 1.19. The summed E-state index contributed by atoms with van der Waals surface area (Å²) in [5.41, 5.74) is 2.94. The number of carbonyl (C=O) groups is 1. The molecule has 0 aliphatic heterocycles. The number of para-hydroxylation sites is 1. The van der Waals surface area contributed by atoms with E-state index in [0.29, 0.717) is 11.1 Å². The maximum absolute atomic E-state index is 12.0. The van der Waals surface area contributed by atoms with Gasteiger partial charge in [-0.15, -0.1) is 10.2 Å². The second-order valence-corrected chi connectivity index (χ2v) is 6.65. The lowest BCUT2D eigenvalue weighted by atomic mass is 10.2. The van der Waals surface area contributed by atoms with E-state index in [-0.39, 0.29) is 18.3 Å². The zero-order valence-electron chi connectivity index (χ0n) is 14.6. The molecular weight excluding hydrogens is 350 g/mol. The van der Waals surface area contributed by atoms with Crippen molar-refractivity contribution >= 4 is 23.4 Å². The first-order valence-electron chi connectivity index (χ1n) is 8.10. The van der Waals surface area contributed by atoms with Crippen LogP contribution in [0.4, 0.5) is 5.69 Å². The number of nitrogens with one attached hydrogen (secondary N) is 1. The van der Waals surface area contributed by atoms with E-state index >= 15 is 0 Å². The molecule has 0 atom stereocenters. The van der Waals surface area contributed by atoms with E-state index in [1.165, 1.54) is 11.8 Å². The van der Waals surface area contributed by atoms with Crippen molar-refractivity contribution in [3.8, 4) is 5.75 Å². The van der Waals surface area contributed by atoms with Gasteiger partial charge >= 0.3 is 0 Å². The average Bonchev–Trinajstić information content (AvgIpc) is 3.09. The number of aryl methyl sites for hydroxylation is 2. The lowest BCUT2D eigenvalue weighted by molar-refractivity contribution is -0.113. The van der Waals surface area contributed by atoms with Crippen molar-refractivity contribution in [2.45, 2.75) is 25.7 Å². The number of hydrogen-bond donors (Lipinski definition) is 1. The van der Waals surface area contributed by atoms with Crippen LogP contribution < -0.4 is 10.1 Å². The predicted octanol–water partition coefficient (Wildman–Crippen LogP) is 4.00. The van der Waals surface area contributed by atoms with Crippen LogP contribution >= 0.6 is 11.8 Å². The number of carbonyl (C=O) groups excluding carboxylic acids is 1. The van der Waals surface area contributed by atoms with E-state index in [2.05, 4.69) is 15.5 Å². The first kappa shape index (κ1) is 18.0. The minimum absolute atomic E-state index is 0.130. The van der Waals surface area contributed by atoms with E-state index in [0.717, 1.165) is 22.6 Å². The van der Waals surface area contributed by atoms with Crippen molar-refractivity contribution < 1.29 is 13.9 Å². The minimum Gasteiger partial charge on any atom is -0.484 e. The highest BCUT2D eigenvalue weighted by atomic mass is 32.2. The number of amides is 1. The Morgan fingerprint density at radius 3 is 2.65 bits per heavy atom. The molecule has 0 saturated heterocycles. The molecule has 26 heavy (non-hydrogen) atoms. The average molecular weight is 369 g/mol. The van der Waals surface area contributed by atoms with Gasteiger partial charge in [0.05, 0.1) is 5.75 Å². The van der Waals surface area contributed by atoms with E-state index in [1.54, 1.807) is 0 Å². The third-order valence-corrected chi connectivity index (χ3v) is 4.37. The van der Waals surface area contributed by atoms with Crippen molar-refractivity contribution in [1.82, 2.24) is 10.2 Å². The largest absolute Gasteiger partial charge is 0.484 e. The lowest BCUT2D eigenvalue weighted by Crippen LogP contribution is -2.13. The van der Waals surface area contributed by atoms with Gasteiger partial charge in [-0.25, -0.2) is 0 Å². The Morgan fingerprint density at radius 1 is 1.12 bits per heavy atom. The predicted molar refractivity (Wildman–Crippen MR) is 100 cm³/mol. The highest BCUT2D eigenvalue weighted by Crippen LogP contribution is 2.20. The molecule has 0 spiro atoms. The standard InChI is InChI=1S/C19H19N3O3S/c1-13-7-9-15(10-8-13)20-17(23)12-26-19-22-21-18(25-19)11-24-16-6-4-3-5-14(16)2/h3-10H,11-12H2,1-2H3,(H,20,23). The van der Waals surface area contributed by atoms with Crippen LogP contribution in [0, 0.1) is 13.8 Å². The fourth-order valence-corrected chi connectivity index (χ4v) is 2.75. The van der Waals surface area contributed by atoms with Crippen LogP contribution in [0.1, 0.15) is 17.0 Å². The van der Waals surface area contributed by atoms with Crippen LogP contribution in [0.15, 0.2) is 58.2 Å². The molecule has 0 fully saturated rings. The Labute approximate surface area is 156 Å². The first-order chi connectivity index (χ1) is 12.6. The van der Waals surface area contributed by atoms with Crippen LogP contribution in [0.25, 0.3) is 0 Å². The molecule has 2 aromatic carbocycles. The molecule has 134 valence electrons. The molecule has 0 radical (unpaired) electrons. The maximum Gasteiger partial charge on any atom is 0.277 e. The number of ether oxygens (including phenoxy) is 1. The fourth-order valence-electron chi connectivity index (χ4n) is 2.17. The molecular formula is C19H19N3O3S. The molecule has 1 aromatic heterocycles. The van der Waals surface area contributed by atoms with E-state index < -0.39 is 0 Å². The van der Waals surface area contributed by atoms with Crippen LogP contribution in [0.3, 0.4) is 0 Å². The Hall–Kier alpha value is -2.80. The zero-order chi connectivity index (χ0) is 18.4. The monoisotopic (exact) mass is 369 g/mol. The summed E-state index contributed by atoms with van der Waals surface area (Å²) in [6.07, 6.45) is 0. The molecule has 1 heterocycles. The number of hydrogen-bond acceptors (Lipinski definition) is 6. The van der Waals surface area contributed by atoms with Gasteiger partial charge < -0.3 is 14.5 Å². The molecule has 3 rings (SSSR count). The van der Waals surface area contributed by atoms with Crippen molar-refractivity contribution in [3.63, 3.8) is 0 Å². The summed E-state index contributed by atoms with van der Waals surface area (Å²) in [5.74, 6) is 1.20. The van der Waals surface area contributed by atoms with Gasteiger partial charge in [-0.3, -0.25) is 4.79 Å². The Bertz CT molecular complexity index is 878. The number of thioether (sulfide) groups is 1. The third-order valence-electron chi connectivity index (χ3n) is 3.56. The van der Waals surface area contributed by atoms with Gasteiger partial charge in [0, 0.05) is 5.69 Å². The Kier molecular flexibility index (Phi) is 5.91. The van der Waals surface area contributed by atoms with Gasteiger partial charge in [0.2, 0.25) is 5.91 Å². The van der Waals surface area contributed by atoms with Crippen molar-refractivity contribution in [2.75, 3.05) is 11.1 Å². The molecule has 0 aliphatic carbocycles. The number of rotatable bonds is 7. The summed E-state index contributed by atoms with van der Waals surface area (Å²) in [4.78, 5) is 12.0. The molecule has 0 bridgehead atoms. The van der Waals surface area contributed by atoms with Gasteiger partial charge in [0.25, 0.3) is 11.1 Å². The molecule has 0 unspecified atom stereocenters. The molecule has 1 amide bonds. The topological polar surface area (TPSA) is 77.2 Å². The van der Waals surface area contributed by atoms with Gasteiger partial charge in [0.1, 0.15) is 5.75 Å². The normalized spacial score (nSPS) is 10.5. The van der Waals surface area contributed by atoms with E-state index in [9.17, 15) is 4.79 Å². The molecule has 3 aromatic rings. The molecule has 0 saturated carbocycles. The van der Waals surface area contributed by atoms with Gasteiger partial charge in [-0.1, -0.05) is 47.7 Å². The van der Waals surface area contributed by atoms with Gasteiger partial charge in [0.15, 0.2) is 6.61 Å². The highest BCUT2D eigenvalue weighted by Gasteiger charge is 2.11. The summed E-state index contributed by atoms with van der Waals surface area (Å²) in [6.45, 7) is 4.16. The molecule has 6 nitrogen and oxygen atoms in total. The smallest absolute Gasteiger partial charge is 0.277 e. The fraction of sp³-hybridized carbons (Fsp3) is 0.211. The van der Waals surface area contributed by atoms with Crippen molar-refractivity contribution in [1.29, 1.82) is 0 Å². The number of anilines is 1. The van der Waals surface area contributed by atoms with Crippen LogP contribution in [0.2, 0.25) is 0 Å². The van der Waals surface area contributed by atoms with Gasteiger partial charge in [-0.2, -0.15) is 0 Å². The van der Waals surface area contributed by atoms with Crippen molar-refractivity contribution in [2.24, 2.45) is 0 Å². The zero-order valence-corrected chi connectivity index (χ0v) is 15.4. The summed E-state index contributed by atoms with van der Waals surface area (Å²) in [7, 11) is 0. The minimum atomic E-state index is -0.130. The highest BCUT2D eigenvalue weighted by molar-refractivity contribution is 7.99. The maximum atomic E-state index is 12.0. The van der Waals surface area contributed by atoms with E-state index in [1.807, 2.05) is 62.4 Å². The molecule has 7 heteroatoms. The Balaban J connectivity index is 1.46. The SMILES string of the molecule is Cc1ccc(NC(=O)CSc2nnc(COc3ccccc3C)o2)cc1.